The monoisotopic (exact) mass is 612 g/mol. The van der Waals surface area contributed by atoms with E-state index in [2.05, 4.69) is 46.2 Å². The quantitative estimate of drug-likeness (QED) is 0.166. The van der Waals surface area contributed by atoms with E-state index in [1.807, 2.05) is 49.5 Å². The van der Waals surface area contributed by atoms with Gasteiger partial charge in [-0.1, -0.05) is 50.3 Å². The van der Waals surface area contributed by atoms with Crippen molar-refractivity contribution in [2.24, 2.45) is 4.99 Å². The highest BCUT2D eigenvalue weighted by molar-refractivity contribution is 7.21. The van der Waals surface area contributed by atoms with Gasteiger partial charge in [0.05, 0.1) is 40.3 Å². The van der Waals surface area contributed by atoms with Crippen LogP contribution in [0.3, 0.4) is 0 Å². The number of carbonyl (C=O) groups is 2. The molecule has 2 N–H and O–H groups in total. The first-order valence-corrected chi connectivity index (χ1v) is 15.4. The molecule has 0 radical (unpaired) electrons. The Morgan fingerprint density at radius 3 is 2.57 bits per heavy atom. The molecule has 0 bridgehead atoms. The van der Waals surface area contributed by atoms with Crippen molar-refractivity contribution in [1.29, 1.82) is 0 Å². The molecule has 7 nitrogen and oxygen atoms in total. The molecule has 1 aliphatic rings. The van der Waals surface area contributed by atoms with E-state index in [0.29, 0.717) is 23.6 Å². The molecule has 44 heavy (non-hydrogen) atoms. The molecular weight excluding hydrogens is 575 g/mol. The van der Waals surface area contributed by atoms with Crippen LogP contribution in [0.1, 0.15) is 55.5 Å². The van der Waals surface area contributed by atoms with Gasteiger partial charge in [0.2, 0.25) is 5.91 Å². The number of allylic oxidation sites excluding steroid dienone is 1. The molecule has 0 spiro atoms. The highest BCUT2D eigenvalue weighted by Gasteiger charge is 2.17. The molecule has 3 heterocycles. The third-order valence-corrected chi connectivity index (χ3v) is 7.91. The Morgan fingerprint density at radius 2 is 1.84 bits per heavy atom. The number of nitrogens with one attached hydrogen (secondary N) is 2. The number of aryl methyl sites for hydroxylation is 2. The van der Waals surface area contributed by atoms with Crippen LogP contribution in [0.4, 0.5) is 15.8 Å². The summed E-state index contributed by atoms with van der Waals surface area (Å²) in [5.74, 6) is -0.681. The largest absolute Gasteiger partial charge is 0.466 e. The number of aromatic nitrogens is 1. The topological polar surface area (TPSA) is 92.7 Å². The molecule has 228 valence electrons. The molecule has 4 aromatic rings. The summed E-state index contributed by atoms with van der Waals surface area (Å²) in [6.07, 6.45) is 7.22. The number of ether oxygens (including phenoxy) is 1. The highest BCUT2D eigenvalue weighted by Crippen LogP contribution is 2.31. The minimum absolute atomic E-state index is 0.115. The zero-order chi connectivity index (χ0) is 31.5. The van der Waals surface area contributed by atoms with Crippen LogP contribution in [0, 0.1) is 12.7 Å². The second kappa shape index (κ2) is 15.7. The lowest BCUT2D eigenvalue weighted by atomic mass is 10.1. The average molecular weight is 613 g/mol. The van der Waals surface area contributed by atoms with Crippen molar-refractivity contribution in [1.82, 2.24) is 4.98 Å². The minimum Gasteiger partial charge on any atom is -0.466 e. The van der Waals surface area contributed by atoms with Crippen molar-refractivity contribution in [3.63, 3.8) is 0 Å². The Morgan fingerprint density at radius 1 is 1.05 bits per heavy atom. The molecule has 1 aliphatic heterocycles. The summed E-state index contributed by atoms with van der Waals surface area (Å²) in [6.45, 7) is 9.89. The normalized spacial score (nSPS) is 12.1. The number of esters is 1. The van der Waals surface area contributed by atoms with Gasteiger partial charge in [0.1, 0.15) is 5.82 Å². The fourth-order valence-corrected chi connectivity index (χ4v) is 5.70. The number of para-hydroxylation sites is 1. The Kier molecular flexibility index (Phi) is 11.5. The van der Waals surface area contributed by atoms with Gasteiger partial charge in [0.15, 0.2) is 0 Å². The summed E-state index contributed by atoms with van der Waals surface area (Å²) >= 11 is 1.75. The Balaban J connectivity index is 0.000000202. The fourth-order valence-electron chi connectivity index (χ4n) is 4.54. The molecular formula is C35H37FN4O3S. The van der Waals surface area contributed by atoms with E-state index in [4.69, 9.17) is 4.74 Å². The summed E-state index contributed by atoms with van der Waals surface area (Å²) in [7, 11) is 0. The van der Waals surface area contributed by atoms with Crippen LogP contribution in [-0.2, 0) is 20.7 Å². The Bertz CT molecular complexity index is 1690. The van der Waals surface area contributed by atoms with Crippen LogP contribution in [0.2, 0.25) is 0 Å². The molecule has 0 aliphatic carbocycles. The Hall–Kier alpha value is -4.63. The number of benzene rings is 2. The van der Waals surface area contributed by atoms with Crippen LogP contribution in [0.25, 0.3) is 10.2 Å². The van der Waals surface area contributed by atoms with E-state index in [0.717, 1.165) is 46.8 Å². The second-order valence-corrected chi connectivity index (χ2v) is 11.3. The fraction of sp³-hybridized carbons (Fsp3) is 0.257. The van der Waals surface area contributed by atoms with Crippen LogP contribution in [0.5, 0.6) is 0 Å². The number of halogens is 1. The number of rotatable bonds is 11. The van der Waals surface area contributed by atoms with Gasteiger partial charge in [-0.2, -0.15) is 0 Å². The first-order valence-electron chi connectivity index (χ1n) is 14.6. The summed E-state index contributed by atoms with van der Waals surface area (Å²) in [4.78, 5) is 33.6. The molecule has 2 aromatic carbocycles. The Labute approximate surface area is 261 Å². The van der Waals surface area contributed by atoms with Gasteiger partial charge >= 0.3 is 5.97 Å². The standard InChI is InChI=1S/C18H20N2O2S.C17H17FN2O/c1-3-5-12-8-9-19-15-11-16(23-18(12)15)14-7-6-13(20-14)10-17(21)22-4-2;1-12-8-9-15(11-16(12)18)19-13(2)10-17(21)20-14-6-4-3-5-7-14/h6,8-9,11H,3-5,7,10H2,1-2H3;3-9,11,19H,2,10H2,1H3,(H,20,21). The number of pyridine rings is 1. The van der Waals surface area contributed by atoms with Gasteiger partial charge < -0.3 is 15.4 Å². The predicted octanol–water partition coefficient (Wildman–Crippen LogP) is 8.37. The summed E-state index contributed by atoms with van der Waals surface area (Å²) in [5.41, 5.74) is 6.61. The first kappa shape index (κ1) is 32.3. The number of amides is 1. The van der Waals surface area contributed by atoms with Crippen molar-refractivity contribution < 1.29 is 18.7 Å². The third kappa shape index (κ3) is 9.18. The molecule has 0 unspecified atom stereocenters. The van der Waals surface area contributed by atoms with Gasteiger partial charge in [0.25, 0.3) is 0 Å². The maximum absolute atomic E-state index is 13.4. The predicted molar refractivity (Wildman–Crippen MR) is 178 cm³/mol. The lowest BCUT2D eigenvalue weighted by Crippen LogP contribution is -2.14. The van der Waals surface area contributed by atoms with Gasteiger partial charge in [0, 0.05) is 35.4 Å². The van der Waals surface area contributed by atoms with E-state index in [-0.39, 0.29) is 30.5 Å². The van der Waals surface area contributed by atoms with Crippen molar-refractivity contribution in [2.75, 3.05) is 17.2 Å². The molecule has 2 aromatic heterocycles. The van der Waals surface area contributed by atoms with E-state index in [1.54, 1.807) is 30.4 Å². The molecule has 1 amide bonds. The van der Waals surface area contributed by atoms with Gasteiger partial charge in [-0.3, -0.25) is 19.6 Å². The van der Waals surface area contributed by atoms with Crippen molar-refractivity contribution >= 4 is 50.5 Å². The summed E-state index contributed by atoms with van der Waals surface area (Å²) < 4.78 is 19.7. The molecule has 5 rings (SSSR count). The lowest BCUT2D eigenvalue weighted by Gasteiger charge is -2.11. The number of fused-ring (bicyclic) bond motifs is 1. The van der Waals surface area contributed by atoms with E-state index in [1.165, 1.54) is 16.3 Å². The summed E-state index contributed by atoms with van der Waals surface area (Å²) in [6, 6.07) is 18.2. The number of thiophene rings is 1. The molecule has 0 saturated carbocycles. The van der Waals surface area contributed by atoms with Gasteiger partial charge in [-0.25, -0.2) is 4.39 Å². The number of nitrogens with zero attached hydrogens (tertiary/aromatic N) is 2. The SMILES string of the molecule is C=C(CC(=O)Nc1ccccc1)Nc1ccc(C)c(F)c1.CCCc1ccnc2cc(C3=NC(CC(=O)OCC)=CC3)sc12. The zero-order valence-electron chi connectivity index (χ0n) is 25.3. The molecule has 0 atom stereocenters. The molecule has 0 saturated heterocycles. The maximum Gasteiger partial charge on any atom is 0.311 e. The lowest BCUT2D eigenvalue weighted by molar-refractivity contribution is -0.142. The van der Waals surface area contributed by atoms with Crippen LogP contribution >= 0.6 is 11.3 Å². The second-order valence-electron chi connectivity index (χ2n) is 10.3. The third-order valence-electron chi connectivity index (χ3n) is 6.66. The van der Waals surface area contributed by atoms with E-state index >= 15 is 0 Å². The van der Waals surface area contributed by atoms with Crippen molar-refractivity contribution in [2.45, 2.75) is 52.9 Å². The maximum atomic E-state index is 13.4. The van der Waals surface area contributed by atoms with Crippen LogP contribution < -0.4 is 10.6 Å². The van der Waals surface area contributed by atoms with Crippen LogP contribution in [-0.4, -0.2) is 29.2 Å². The smallest absolute Gasteiger partial charge is 0.311 e. The summed E-state index contributed by atoms with van der Waals surface area (Å²) in [5, 5.41) is 5.70. The molecule has 9 heteroatoms. The van der Waals surface area contributed by atoms with Crippen molar-refractivity contribution in [3.8, 4) is 0 Å². The number of carbonyl (C=O) groups excluding carboxylic acids is 2. The van der Waals surface area contributed by atoms with E-state index in [9.17, 15) is 14.0 Å². The number of anilines is 2. The zero-order valence-corrected chi connectivity index (χ0v) is 26.1. The number of aliphatic imine (C=N–C) groups is 1. The first-order chi connectivity index (χ1) is 21.2. The average Bonchev–Trinajstić information content (AvgIpc) is 3.64. The van der Waals surface area contributed by atoms with Gasteiger partial charge in [-0.15, -0.1) is 11.3 Å². The van der Waals surface area contributed by atoms with Crippen LogP contribution in [0.15, 0.2) is 95.9 Å². The number of hydrogen-bond donors (Lipinski definition) is 2. The highest BCUT2D eigenvalue weighted by atomic mass is 32.1. The van der Waals surface area contributed by atoms with E-state index < -0.39 is 0 Å². The molecule has 0 fully saturated rings. The van der Waals surface area contributed by atoms with Gasteiger partial charge in [-0.05, 0) is 67.8 Å². The number of hydrogen-bond acceptors (Lipinski definition) is 7. The van der Waals surface area contributed by atoms with Crippen molar-refractivity contribution in [3.05, 3.63) is 113 Å². The minimum atomic E-state index is -0.290.